The molecule has 1 aromatic carbocycles. The second-order valence-corrected chi connectivity index (χ2v) is 2.51. The molecule has 0 heterocycles. The molecule has 15 heavy (non-hydrogen) atoms. The van der Waals surface area contributed by atoms with Crippen molar-refractivity contribution >= 4 is 11.5 Å². The van der Waals surface area contributed by atoms with Crippen LogP contribution in [0.3, 0.4) is 0 Å². The zero-order valence-electron chi connectivity index (χ0n) is 7.30. The number of hydrogen-bond acceptors (Lipinski definition) is 5. The first-order valence-corrected chi connectivity index (χ1v) is 3.73. The molecule has 0 aliphatic rings. The third-order valence-electron chi connectivity index (χ3n) is 1.70. The lowest BCUT2D eigenvalue weighted by molar-refractivity contribution is -0.385. The van der Waals surface area contributed by atoms with Crippen LogP contribution in [0.2, 0.25) is 0 Å². The number of nitro groups is 1. The fourth-order valence-electron chi connectivity index (χ4n) is 1.06. The molecule has 0 N–H and O–H groups in total. The number of hydrogen-bond donors (Lipinski definition) is 0. The van der Waals surface area contributed by atoms with Crippen LogP contribution in [0.4, 0.5) is 5.69 Å². The predicted molar refractivity (Wildman–Crippen MR) is 47.8 cm³/mol. The molecule has 0 aliphatic heterocycles. The average Bonchev–Trinajstić information content (AvgIpc) is 2.26. The van der Waals surface area contributed by atoms with E-state index in [1.165, 1.54) is 18.2 Å². The van der Waals surface area contributed by atoms with E-state index >= 15 is 0 Å². The highest BCUT2D eigenvalue weighted by Crippen LogP contribution is 2.21. The number of rotatable bonds is 2. The first-order chi connectivity index (χ1) is 7.11. The fourth-order valence-corrected chi connectivity index (χ4v) is 1.06. The van der Waals surface area contributed by atoms with Crippen molar-refractivity contribution in [1.82, 2.24) is 0 Å². The molecule has 0 aliphatic carbocycles. The van der Waals surface area contributed by atoms with Crippen molar-refractivity contribution in [1.29, 1.82) is 10.5 Å². The van der Waals surface area contributed by atoms with Gasteiger partial charge in [-0.2, -0.15) is 10.5 Å². The standard InChI is InChI=1S/C9H3N3O3/c10-4-7-6(9(13)5-11)2-1-3-8(7)12(14)15/h1-3H. The molecule has 0 unspecified atom stereocenters. The second-order valence-electron chi connectivity index (χ2n) is 2.51. The van der Waals surface area contributed by atoms with E-state index in [1.807, 2.05) is 0 Å². The highest BCUT2D eigenvalue weighted by molar-refractivity contribution is 6.09. The summed E-state index contributed by atoms with van der Waals surface area (Å²) in [7, 11) is 0. The van der Waals surface area contributed by atoms with Crippen molar-refractivity contribution in [2.24, 2.45) is 0 Å². The maximum Gasteiger partial charge on any atom is 0.287 e. The second kappa shape index (κ2) is 3.99. The van der Waals surface area contributed by atoms with E-state index in [4.69, 9.17) is 10.5 Å². The smallest absolute Gasteiger partial charge is 0.277 e. The number of nitro benzene ring substituents is 1. The van der Waals surface area contributed by atoms with Crippen molar-refractivity contribution in [2.75, 3.05) is 0 Å². The molecular weight excluding hydrogens is 198 g/mol. The van der Waals surface area contributed by atoms with Gasteiger partial charge in [-0.05, 0) is 6.07 Å². The lowest BCUT2D eigenvalue weighted by Gasteiger charge is -1.97. The van der Waals surface area contributed by atoms with Gasteiger partial charge < -0.3 is 0 Å². The molecule has 1 aromatic rings. The van der Waals surface area contributed by atoms with Crippen molar-refractivity contribution < 1.29 is 9.72 Å². The Balaban J connectivity index is 3.52. The summed E-state index contributed by atoms with van der Waals surface area (Å²) in [6.45, 7) is 0. The van der Waals surface area contributed by atoms with Crippen molar-refractivity contribution in [3.05, 3.63) is 39.4 Å². The summed E-state index contributed by atoms with van der Waals surface area (Å²) in [4.78, 5) is 20.8. The number of Topliss-reactive ketones (excluding diaryl/α,β-unsaturated/α-hetero) is 1. The number of nitriles is 2. The van der Waals surface area contributed by atoms with Gasteiger partial charge >= 0.3 is 0 Å². The quantitative estimate of drug-likeness (QED) is 0.309. The number of nitrogens with zero attached hydrogens (tertiary/aromatic N) is 3. The summed E-state index contributed by atoms with van der Waals surface area (Å²) < 4.78 is 0. The van der Waals surface area contributed by atoms with Crippen LogP contribution in [-0.4, -0.2) is 10.7 Å². The van der Waals surface area contributed by atoms with Crippen LogP contribution in [0, 0.1) is 32.8 Å². The van der Waals surface area contributed by atoms with E-state index in [0.29, 0.717) is 0 Å². The van der Waals surface area contributed by atoms with Gasteiger partial charge in [0.05, 0.1) is 10.5 Å². The van der Waals surface area contributed by atoms with Gasteiger partial charge in [0.1, 0.15) is 17.7 Å². The van der Waals surface area contributed by atoms with Gasteiger partial charge in [0.15, 0.2) is 0 Å². The Bertz CT molecular complexity index is 522. The molecular formula is C9H3N3O3. The highest BCUT2D eigenvalue weighted by Gasteiger charge is 2.20. The van der Waals surface area contributed by atoms with Gasteiger partial charge in [-0.25, -0.2) is 0 Å². The minimum absolute atomic E-state index is 0.241. The van der Waals surface area contributed by atoms with Gasteiger partial charge in [0.25, 0.3) is 11.5 Å². The Morgan fingerprint density at radius 1 is 1.40 bits per heavy atom. The summed E-state index contributed by atoms with van der Waals surface area (Å²) in [5.74, 6) is -0.963. The SMILES string of the molecule is N#CC(=O)c1cccc([N+](=O)[O-])c1C#N. The number of carbonyl (C=O) groups excluding carboxylic acids is 1. The van der Waals surface area contributed by atoms with Crippen LogP contribution >= 0.6 is 0 Å². The predicted octanol–water partition coefficient (Wildman–Crippen LogP) is 1.17. The molecule has 1 rings (SSSR count). The van der Waals surface area contributed by atoms with Gasteiger partial charge in [0.2, 0.25) is 0 Å². The van der Waals surface area contributed by atoms with Crippen molar-refractivity contribution in [3.63, 3.8) is 0 Å². The Hall–Kier alpha value is -2.73. The first kappa shape index (κ1) is 10.4. The molecule has 6 heteroatoms. The third-order valence-corrected chi connectivity index (χ3v) is 1.70. The van der Waals surface area contributed by atoms with E-state index in [2.05, 4.69) is 0 Å². The first-order valence-electron chi connectivity index (χ1n) is 3.73. The molecule has 0 saturated carbocycles. The van der Waals surface area contributed by atoms with Crippen molar-refractivity contribution in [2.45, 2.75) is 0 Å². The molecule has 0 amide bonds. The Morgan fingerprint density at radius 3 is 2.53 bits per heavy atom. The van der Waals surface area contributed by atoms with Gasteiger partial charge in [0, 0.05) is 6.07 Å². The minimum Gasteiger partial charge on any atom is -0.277 e. The molecule has 72 valence electrons. The summed E-state index contributed by atoms with van der Waals surface area (Å²) in [5, 5.41) is 27.5. The van der Waals surface area contributed by atoms with Crippen LogP contribution in [0.15, 0.2) is 18.2 Å². The van der Waals surface area contributed by atoms with Crippen molar-refractivity contribution in [3.8, 4) is 12.1 Å². The molecule has 0 atom stereocenters. The fraction of sp³-hybridized carbons (Fsp3) is 0. The average molecular weight is 201 g/mol. The monoisotopic (exact) mass is 201 g/mol. The summed E-state index contributed by atoms with van der Waals surface area (Å²) >= 11 is 0. The molecule has 0 spiro atoms. The highest BCUT2D eigenvalue weighted by atomic mass is 16.6. The van der Waals surface area contributed by atoms with E-state index in [0.717, 1.165) is 6.07 Å². The van der Waals surface area contributed by atoms with Crippen LogP contribution < -0.4 is 0 Å². The van der Waals surface area contributed by atoms with E-state index in [1.54, 1.807) is 6.07 Å². The Morgan fingerprint density at radius 2 is 2.07 bits per heavy atom. The van der Waals surface area contributed by atoms with E-state index < -0.39 is 16.4 Å². The lowest BCUT2D eigenvalue weighted by atomic mass is 10.0. The summed E-state index contributed by atoms with van der Waals surface area (Å²) in [6.07, 6.45) is 0. The number of ketones is 1. The van der Waals surface area contributed by atoms with Crippen LogP contribution in [0.1, 0.15) is 15.9 Å². The lowest BCUT2D eigenvalue weighted by Crippen LogP contribution is -2.02. The zero-order chi connectivity index (χ0) is 11.4. The molecule has 0 fully saturated rings. The number of benzene rings is 1. The molecule has 0 saturated heterocycles. The van der Waals surface area contributed by atoms with Gasteiger partial charge in [-0.3, -0.25) is 14.9 Å². The van der Waals surface area contributed by atoms with Gasteiger partial charge in [-0.15, -0.1) is 0 Å². The topological polar surface area (TPSA) is 108 Å². The van der Waals surface area contributed by atoms with E-state index in [-0.39, 0.29) is 11.1 Å². The van der Waals surface area contributed by atoms with Crippen LogP contribution in [0.5, 0.6) is 0 Å². The third kappa shape index (κ3) is 1.79. The zero-order valence-corrected chi connectivity index (χ0v) is 7.30. The summed E-state index contributed by atoms with van der Waals surface area (Å²) in [5.41, 5.74) is -1.10. The number of carbonyl (C=O) groups is 1. The maximum atomic E-state index is 11.0. The van der Waals surface area contributed by atoms with E-state index in [9.17, 15) is 14.9 Å². The van der Waals surface area contributed by atoms with Crippen LogP contribution in [0.25, 0.3) is 0 Å². The molecule has 0 radical (unpaired) electrons. The normalized spacial score (nSPS) is 8.67. The Labute approximate surface area is 84.1 Å². The molecule has 0 aromatic heterocycles. The van der Waals surface area contributed by atoms with Crippen LogP contribution in [-0.2, 0) is 0 Å². The minimum atomic E-state index is -0.963. The van der Waals surface area contributed by atoms with Gasteiger partial charge in [-0.1, -0.05) is 6.07 Å². The maximum absolute atomic E-state index is 11.0. The molecule has 0 bridgehead atoms. The largest absolute Gasteiger partial charge is 0.287 e. The summed E-state index contributed by atoms with van der Waals surface area (Å²) in [6, 6.07) is 6.42. The Kier molecular flexibility index (Phi) is 2.75. The molecule has 6 nitrogen and oxygen atoms in total.